The van der Waals surface area contributed by atoms with Gasteiger partial charge in [0.05, 0.1) is 5.41 Å². The number of piperazine rings is 1. The van der Waals surface area contributed by atoms with Crippen LogP contribution in [0.4, 0.5) is 4.39 Å². The maximum absolute atomic E-state index is 13.0. The summed E-state index contributed by atoms with van der Waals surface area (Å²) in [5, 5.41) is 0. The summed E-state index contributed by atoms with van der Waals surface area (Å²) in [7, 11) is 0. The van der Waals surface area contributed by atoms with Crippen LogP contribution >= 0.6 is 24.8 Å². The number of esters is 1. The summed E-state index contributed by atoms with van der Waals surface area (Å²) in [6.45, 7) is 10.2. The number of carbonyl (C=O) groups is 1. The second-order valence-corrected chi connectivity index (χ2v) is 7.75. The number of nitrogens with zero attached hydrogens (tertiary/aromatic N) is 2. The maximum atomic E-state index is 13.0. The van der Waals surface area contributed by atoms with E-state index in [1.807, 2.05) is 12.1 Å². The minimum atomic E-state index is -0.238. The highest BCUT2D eigenvalue weighted by Crippen LogP contribution is 2.41. The number of carbonyl (C=O) groups excluding carboxylic acids is 1. The molecule has 0 amide bonds. The van der Waals surface area contributed by atoms with Crippen molar-refractivity contribution < 1.29 is 13.9 Å². The summed E-state index contributed by atoms with van der Waals surface area (Å²) >= 11 is 0. The Morgan fingerprint density at radius 3 is 2.14 bits per heavy atom. The molecule has 3 rings (SSSR count). The minimum absolute atomic E-state index is 0. The first-order chi connectivity index (χ1) is 12.5. The van der Waals surface area contributed by atoms with Crippen LogP contribution in [0.25, 0.3) is 0 Å². The second-order valence-electron chi connectivity index (χ2n) is 7.75. The molecule has 2 saturated heterocycles. The molecule has 2 fully saturated rings. The molecule has 0 saturated carbocycles. The molecule has 0 radical (unpaired) electrons. The summed E-state index contributed by atoms with van der Waals surface area (Å²) in [6, 6.07) is 6.79. The first-order valence-electron chi connectivity index (χ1n) is 9.95. The molecular weight excluding hydrogens is 402 g/mol. The molecule has 1 aromatic rings. The fourth-order valence-corrected chi connectivity index (χ4v) is 4.17. The molecule has 4 nitrogen and oxygen atoms in total. The molecule has 1 atom stereocenters. The molecule has 0 N–H and O–H groups in total. The third-order valence-corrected chi connectivity index (χ3v) is 6.23. The van der Waals surface area contributed by atoms with Crippen molar-refractivity contribution in [2.75, 3.05) is 32.7 Å². The number of rotatable bonds is 7. The summed E-state index contributed by atoms with van der Waals surface area (Å²) in [4.78, 5) is 17.1. The van der Waals surface area contributed by atoms with Crippen molar-refractivity contribution in [2.45, 2.75) is 52.2 Å². The third-order valence-electron chi connectivity index (χ3n) is 6.23. The first kappa shape index (κ1) is 25.2. The lowest BCUT2D eigenvalue weighted by atomic mass is 9.79. The topological polar surface area (TPSA) is 32.8 Å². The van der Waals surface area contributed by atoms with E-state index in [4.69, 9.17) is 4.74 Å². The Hall–Kier alpha value is -0.880. The Bertz CT molecular complexity index is 603. The van der Waals surface area contributed by atoms with Crippen LogP contribution in [0.3, 0.4) is 0 Å². The summed E-state index contributed by atoms with van der Waals surface area (Å²) < 4.78 is 18.6. The predicted octanol–water partition coefficient (Wildman–Crippen LogP) is 4.30. The van der Waals surface area contributed by atoms with Crippen LogP contribution in [-0.4, -0.2) is 54.6 Å². The Balaban J connectivity index is 0.00000196. The van der Waals surface area contributed by atoms with E-state index < -0.39 is 0 Å². The van der Waals surface area contributed by atoms with Gasteiger partial charge in [0.1, 0.15) is 11.9 Å². The minimum Gasteiger partial charge on any atom is -0.462 e. The van der Waals surface area contributed by atoms with Crippen molar-refractivity contribution in [1.82, 2.24) is 9.80 Å². The van der Waals surface area contributed by atoms with Crippen molar-refractivity contribution in [2.24, 2.45) is 5.41 Å². The first-order valence-corrected chi connectivity index (χ1v) is 9.95. The number of hydrogen-bond donors (Lipinski definition) is 0. The number of ether oxygens (including phenoxy) is 1. The molecular formula is C21H33Cl2FN2O2. The average Bonchev–Trinajstić information content (AvgIpc) is 2.99. The zero-order valence-electron chi connectivity index (χ0n) is 16.9. The summed E-state index contributed by atoms with van der Waals surface area (Å²) in [5.41, 5.74) is 0.923. The van der Waals surface area contributed by atoms with Crippen LogP contribution in [0.2, 0.25) is 0 Å². The van der Waals surface area contributed by atoms with Gasteiger partial charge in [0.15, 0.2) is 0 Å². The SMILES string of the molecule is CCC1(CC)CC(CCN2CCN(Cc3ccc(F)cc3)CC2)OC1=O.Cl.Cl. The fraction of sp³-hybridized carbons (Fsp3) is 0.667. The number of benzene rings is 1. The van der Waals surface area contributed by atoms with E-state index in [1.165, 1.54) is 12.1 Å². The van der Waals surface area contributed by atoms with Gasteiger partial charge in [-0.15, -0.1) is 24.8 Å². The van der Waals surface area contributed by atoms with Gasteiger partial charge in [-0.25, -0.2) is 4.39 Å². The van der Waals surface area contributed by atoms with Gasteiger partial charge in [-0.2, -0.15) is 0 Å². The highest BCUT2D eigenvalue weighted by molar-refractivity contribution is 5.85. The zero-order chi connectivity index (χ0) is 18.6. The molecule has 1 unspecified atom stereocenters. The summed E-state index contributed by atoms with van der Waals surface area (Å²) in [6.07, 6.45) is 3.65. The van der Waals surface area contributed by atoms with Crippen molar-refractivity contribution in [3.63, 3.8) is 0 Å². The molecule has 1 aromatic carbocycles. The van der Waals surface area contributed by atoms with Crippen LogP contribution in [0.15, 0.2) is 24.3 Å². The van der Waals surface area contributed by atoms with Crippen LogP contribution < -0.4 is 0 Å². The Labute approximate surface area is 180 Å². The van der Waals surface area contributed by atoms with Gasteiger partial charge in [-0.1, -0.05) is 26.0 Å². The van der Waals surface area contributed by atoms with E-state index in [9.17, 15) is 9.18 Å². The standard InChI is InChI=1S/C21H31FN2O2.2ClH/c1-3-21(4-2)15-19(26-20(21)25)9-10-23-11-13-24(14-12-23)16-17-5-7-18(22)8-6-17;;/h5-8,19H,3-4,9-16H2,1-2H3;2*1H. The molecule has 160 valence electrons. The van der Waals surface area contributed by atoms with Gasteiger partial charge in [-0.05, 0) is 37.0 Å². The molecule has 2 aliphatic heterocycles. The second kappa shape index (κ2) is 11.3. The van der Waals surface area contributed by atoms with Crippen molar-refractivity contribution >= 4 is 30.8 Å². The molecule has 0 aliphatic carbocycles. The Kier molecular flexibility index (Phi) is 10.2. The lowest BCUT2D eigenvalue weighted by Crippen LogP contribution is -2.46. The van der Waals surface area contributed by atoms with Gasteiger partial charge < -0.3 is 9.64 Å². The molecule has 0 bridgehead atoms. The van der Waals surface area contributed by atoms with Gasteiger partial charge in [-0.3, -0.25) is 9.69 Å². The smallest absolute Gasteiger partial charge is 0.312 e. The lowest BCUT2D eigenvalue weighted by Gasteiger charge is -2.35. The largest absolute Gasteiger partial charge is 0.462 e. The molecule has 0 aromatic heterocycles. The fourth-order valence-electron chi connectivity index (χ4n) is 4.17. The molecule has 2 heterocycles. The number of halogens is 3. The van der Waals surface area contributed by atoms with Crippen LogP contribution in [0, 0.1) is 11.2 Å². The van der Waals surface area contributed by atoms with Crippen molar-refractivity contribution in [3.8, 4) is 0 Å². The molecule has 0 spiro atoms. The monoisotopic (exact) mass is 434 g/mol. The van der Waals surface area contributed by atoms with Gasteiger partial charge in [0.25, 0.3) is 0 Å². The normalized spacial score (nSPS) is 22.2. The van der Waals surface area contributed by atoms with Crippen molar-refractivity contribution in [1.29, 1.82) is 0 Å². The van der Waals surface area contributed by atoms with E-state index in [2.05, 4.69) is 23.6 Å². The Morgan fingerprint density at radius 2 is 1.61 bits per heavy atom. The van der Waals surface area contributed by atoms with Gasteiger partial charge in [0, 0.05) is 45.7 Å². The van der Waals surface area contributed by atoms with E-state index >= 15 is 0 Å². The zero-order valence-corrected chi connectivity index (χ0v) is 18.5. The maximum Gasteiger partial charge on any atom is 0.312 e. The number of hydrogen-bond acceptors (Lipinski definition) is 4. The number of cyclic esters (lactones) is 1. The summed E-state index contributed by atoms with van der Waals surface area (Å²) in [5.74, 6) is -0.169. The quantitative estimate of drug-likeness (QED) is 0.598. The molecule has 28 heavy (non-hydrogen) atoms. The van der Waals surface area contributed by atoms with Crippen LogP contribution in [-0.2, 0) is 16.1 Å². The van der Waals surface area contributed by atoms with Crippen LogP contribution in [0.1, 0.15) is 45.1 Å². The Morgan fingerprint density at radius 1 is 1.04 bits per heavy atom. The van der Waals surface area contributed by atoms with Crippen molar-refractivity contribution in [3.05, 3.63) is 35.6 Å². The third kappa shape index (κ3) is 6.06. The van der Waals surface area contributed by atoms with E-state index in [0.29, 0.717) is 0 Å². The van der Waals surface area contributed by atoms with Crippen LogP contribution in [0.5, 0.6) is 0 Å². The average molecular weight is 435 g/mol. The highest BCUT2D eigenvalue weighted by atomic mass is 35.5. The molecule has 7 heteroatoms. The highest BCUT2D eigenvalue weighted by Gasteiger charge is 2.46. The van der Waals surface area contributed by atoms with Gasteiger partial charge >= 0.3 is 5.97 Å². The lowest BCUT2D eigenvalue weighted by molar-refractivity contribution is -0.149. The van der Waals surface area contributed by atoms with E-state index in [-0.39, 0.29) is 48.1 Å². The predicted molar refractivity (Wildman–Crippen MR) is 115 cm³/mol. The van der Waals surface area contributed by atoms with E-state index in [1.54, 1.807) is 0 Å². The van der Waals surface area contributed by atoms with E-state index in [0.717, 1.165) is 70.5 Å². The molecule has 2 aliphatic rings. The van der Waals surface area contributed by atoms with Gasteiger partial charge in [0.2, 0.25) is 0 Å².